The summed E-state index contributed by atoms with van der Waals surface area (Å²) in [5.74, 6) is 1.98. The first-order valence-corrected chi connectivity index (χ1v) is 14.8. The summed E-state index contributed by atoms with van der Waals surface area (Å²) in [6.07, 6.45) is 2.75. The number of hydrogen-bond acceptors (Lipinski definition) is 6. The van der Waals surface area contributed by atoms with Crippen LogP contribution in [-0.4, -0.2) is 48.7 Å². The van der Waals surface area contributed by atoms with Gasteiger partial charge in [0.05, 0.1) is 11.5 Å². The van der Waals surface area contributed by atoms with Crippen LogP contribution in [0.5, 0.6) is 17.2 Å². The van der Waals surface area contributed by atoms with Crippen LogP contribution in [-0.2, 0) is 21.2 Å². The summed E-state index contributed by atoms with van der Waals surface area (Å²) in [7, 11) is -3.84. The Morgan fingerprint density at radius 1 is 1.05 bits per heavy atom. The summed E-state index contributed by atoms with van der Waals surface area (Å²) in [6, 6.07) is 21.1. The van der Waals surface area contributed by atoms with Crippen molar-refractivity contribution in [1.82, 2.24) is 4.31 Å². The molecular formula is C28H31NO6S2. The van der Waals surface area contributed by atoms with Crippen LogP contribution < -0.4 is 9.47 Å². The van der Waals surface area contributed by atoms with Crippen LogP contribution in [0, 0.1) is 0 Å². The normalized spacial score (nSPS) is 16.0. The van der Waals surface area contributed by atoms with Gasteiger partial charge in [-0.15, -0.1) is 11.8 Å². The molecule has 7 nitrogen and oxygen atoms in total. The number of carboxylic acid groups (broad SMARTS) is 1. The fraction of sp³-hybridized carbons (Fsp3) is 0.321. The number of carbonyl (C=O) groups is 1. The van der Waals surface area contributed by atoms with Crippen molar-refractivity contribution >= 4 is 27.8 Å². The molecule has 37 heavy (non-hydrogen) atoms. The minimum absolute atomic E-state index is 0.114. The molecule has 1 N–H and O–H groups in total. The lowest BCUT2D eigenvalue weighted by molar-refractivity contribution is -0.140. The smallest absolute Gasteiger partial charge is 0.322 e. The van der Waals surface area contributed by atoms with Gasteiger partial charge < -0.3 is 14.6 Å². The monoisotopic (exact) mass is 541 g/mol. The molecule has 1 unspecified atom stereocenters. The van der Waals surface area contributed by atoms with Crippen LogP contribution in [0.3, 0.4) is 0 Å². The summed E-state index contributed by atoms with van der Waals surface area (Å²) in [4.78, 5) is 12.4. The Hall–Kier alpha value is -3.01. The number of hydrogen-bond donors (Lipinski definition) is 1. The summed E-state index contributed by atoms with van der Waals surface area (Å²) < 4.78 is 38.9. The minimum Gasteiger partial charge on any atom is -0.492 e. The Bertz CT molecular complexity index is 1300. The molecule has 0 bridgehead atoms. The highest BCUT2D eigenvalue weighted by Crippen LogP contribution is 2.30. The molecule has 0 aliphatic carbocycles. The number of nitrogens with zero attached hydrogens (tertiary/aromatic N) is 1. The van der Waals surface area contributed by atoms with Crippen molar-refractivity contribution in [3.63, 3.8) is 0 Å². The molecule has 4 rings (SSSR count). The average Bonchev–Trinajstić information content (AvgIpc) is 3.40. The number of sulfonamides is 1. The lowest BCUT2D eigenvalue weighted by Crippen LogP contribution is -2.40. The molecule has 3 aromatic rings. The van der Waals surface area contributed by atoms with E-state index in [9.17, 15) is 18.3 Å². The fourth-order valence-electron chi connectivity index (χ4n) is 4.28. The third-order valence-corrected chi connectivity index (χ3v) is 8.96. The van der Waals surface area contributed by atoms with Gasteiger partial charge >= 0.3 is 5.97 Å². The van der Waals surface area contributed by atoms with E-state index in [1.54, 1.807) is 36.0 Å². The molecule has 0 aromatic heterocycles. The van der Waals surface area contributed by atoms with Crippen molar-refractivity contribution in [2.75, 3.05) is 18.9 Å². The topological polar surface area (TPSA) is 93.1 Å². The van der Waals surface area contributed by atoms with Gasteiger partial charge in [-0.3, -0.25) is 4.79 Å². The Morgan fingerprint density at radius 3 is 2.51 bits per heavy atom. The van der Waals surface area contributed by atoms with Gasteiger partial charge in [-0.25, -0.2) is 8.42 Å². The zero-order valence-electron chi connectivity index (χ0n) is 20.7. The standard InChI is InChI=1S/C28H31NO6S2/c1-2-7-21-20-23(35-22-8-4-3-5-9-22)11-16-27(21)34-18-19-36-24-12-14-25(15-13-24)37(32,33)29-17-6-10-26(29)28(30)31/h3-5,8-9,11-16,20,26H,2,6-7,10,17-19H2,1H3,(H,30,31). The van der Waals surface area contributed by atoms with Crippen molar-refractivity contribution in [2.45, 2.75) is 48.4 Å². The van der Waals surface area contributed by atoms with Crippen molar-refractivity contribution in [3.05, 3.63) is 78.4 Å². The first-order chi connectivity index (χ1) is 17.9. The van der Waals surface area contributed by atoms with Crippen molar-refractivity contribution in [3.8, 4) is 17.2 Å². The molecule has 1 heterocycles. The van der Waals surface area contributed by atoms with E-state index in [4.69, 9.17) is 9.47 Å². The van der Waals surface area contributed by atoms with Gasteiger partial charge in [0.1, 0.15) is 23.3 Å². The molecule has 3 aromatic carbocycles. The van der Waals surface area contributed by atoms with E-state index < -0.39 is 22.0 Å². The van der Waals surface area contributed by atoms with Crippen molar-refractivity contribution in [2.24, 2.45) is 0 Å². The maximum atomic E-state index is 12.9. The highest BCUT2D eigenvalue weighted by Gasteiger charge is 2.39. The highest BCUT2D eigenvalue weighted by atomic mass is 32.2. The molecule has 1 fully saturated rings. The number of carboxylic acids is 1. The number of aliphatic carboxylic acids is 1. The summed E-state index contributed by atoms with van der Waals surface area (Å²) in [5.41, 5.74) is 1.09. The van der Waals surface area contributed by atoms with E-state index in [-0.39, 0.29) is 11.4 Å². The molecule has 196 valence electrons. The Kier molecular flexibility index (Phi) is 9.13. The van der Waals surface area contributed by atoms with E-state index in [1.165, 1.54) is 0 Å². The van der Waals surface area contributed by atoms with Crippen LogP contribution in [0.4, 0.5) is 0 Å². The predicted molar refractivity (Wildman–Crippen MR) is 144 cm³/mol. The van der Waals surface area contributed by atoms with Crippen molar-refractivity contribution in [1.29, 1.82) is 0 Å². The van der Waals surface area contributed by atoms with E-state index >= 15 is 0 Å². The first-order valence-electron chi connectivity index (χ1n) is 12.3. The number of thioether (sulfide) groups is 1. The Labute approximate surface area is 222 Å². The summed E-state index contributed by atoms with van der Waals surface area (Å²) in [6.45, 7) is 2.85. The van der Waals surface area contributed by atoms with Gasteiger partial charge in [-0.2, -0.15) is 4.31 Å². The maximum Gasteiger partial charge on any atom is 0.322 e. The zero-order valence-corrected chi connectivity index (χ0v) is 22.3. The van der Waals surface area contributed by atoms with Gasteiger partial charge in [-0.1, -0.05) is 31.5 Å². The van der Waals surface area contributed by atoms with Crippen LogP contribution in [0.1, 0.15) is 31.7 Å². The number of aryl methyl sites for hydroxylation is 1. The fourth-order valence-corrected chi connectivity index (χ4v) is 6.66. The van der Waals surface area contributed by atoms with Gasteiger partial charge in [0.2, 0.25) is 10.0 Å². The van der Waals surface area contributed by atoms with Gasteiger partial charge in [0, 0.05) is 17.2 Å². The number of rotatable bonds is 12. The number of ether oxygens (including phenoxy) is 2. The molecule has 0 radical (unpaired) electrons. The molecule has 1 aliphatic rings. The molecule has 9 heteroatoms. The second-order valence-electron chi connectivity index (χ2n) is 8.71. The average molecular weight is 542 g/mol. The SMILES string of the molecule is CCCc1cc(Oc2ccccc2)ccc1OCCSc1ccc(S(=O)(=O)N2CCCC2C(=O)O)cc1. The highest BCUT2D eigenvalue weighted by molar-refractivity contribution is 7.99. The van der Waals surface area contributed by atoms with E-state index in [2.05, 4.69) is 6.92 Å². The quantitative estimate of drug-likeness (QED) is 0.227. The van der Waals surface area contributed by atoms with Gasteiger partial charge in [0.25, 0.3) is 0 Å². The Morgan fingerprint density at radius 2 is 1.81 bits per heavy atom. The third kappa shape index (κ3) is 6.85. The molecular weight excluding hydrogens is 510 g/mol. The minimum atomic E-state index is -3.84. The summed E-state index contributed by atoms with van der Waals surface area (Å²) >= 11 is 1.57. The number of para-hydroxylation sites is 1. The molecule has 0 spiro atoms. The van der Waals surface area contributed by atoms with Crippen LogP contribution in [0.15, 0.2) is 82.6 Å². The molecule has 1 aliphatic heterocycles. The van der Waals surface area contributed by atoms with Gasteiger partial charge in [-0.05, 0) is 79.4 Å². The molecule has 0 saturated carbocycles. The zero-order chi connectivity index (χ0) is 26.3. The lowest BCUT2D eigenvalue weighted by atomic mass is 10.1. The van der Waals surface area contributed by atoms with Crippen LogP contribution in [0.2, 0.25) is 0 Å². The van der Waals surface area contributed by atoms with E-state index in [1.807, 2.05) is 48.5 Å². The first kappa shape index (κ1) is 27.0. The van der Waals surface area contributed by atoms with Crippen LogP contribution >= 0.6 is 11.8 Å². The largest absolute Gasteiger partial charge is 0.492 e. The summed E-state index contributed by atoms with van der Waals surface area (Å²) in [5, 5.41) is 9.33. The second-order valence-corrected chi connectivity index (χ2v) is 11.8. The lowest BCUT2D eigenvalue weighted by Gasteiger charge is -2.21. The number of benzene rings is 3. The Balaban J connectivity index is 1.32. The van der Waals surface area contributed by atoms with E-state index in [0.717, 1.165) is 44.9 Å². The van der Waals surface area contributed by atoms with Crippen molar-refractivity contribution < 1.29 is 27.8 Å². The molecule has 1 atom stereocenters. The molecule has 0 amide bonds. The molecule has 1 saturated heterocycles. The van der Waals surface area contributed by atoms with E-state index in [0.29, 0.717) is 25.2 Å². The predicted octanol–water partition coefficient (Wildman–Crippen LogP) is 5.84. The third-order valence-electron chi connectivity index (χ3n) is 6.06. The van der Waals surface area contributed by atoms with Gasteiger partial charge in [0.15, 0.2) is 0 Å². The second kappa shape index (κ2) is 12.5. The van der Waals surface area contributed by atoms with Crippen LogP contribution in [0.25, 0.3) is 0 Å². The maximum absolute atomic E-state index is 12.9.